The number of aliphatic hydroxyl groups is 3. The number of aliphatic hydroxyl groups excluding tert-OH is 3. The van der Waals surface area contributed by atoms with Crippen LogP contribution in [0, 0.1) is 0 Å². The molecule has 4 aromatic rings. The lowest BCUT2D eigenvalue weighted by atomic mass is 9.91. The van der Waals surface area contributed by atoms with E-state index in [9.17, 15) is 15.3 Å². The minimum absolute atomic E-state index is 0.0972. The predicted octanol–water partition coefficient (Wildman–Crippen LogP) is 1.68. The van der Waals surface area contributed by atoms with Crippen molar-refractivity contribution in [2.45, 2.75) is 30.5 Å². The maximum absolute atomic E-state index is 10.4. The van der Waals surface area contributed by atoms with Crippen LogP contribution in [0.1, 0.15) is 23.3 Å². The van der Waals surface area contributed by atoms with Gasteiger partial charge in [0.05, 0.1) is 12.9 Å². The monoisotopic (exact) mass is 447 g/mol. The van der Waals surface area contributed by atoms with Crippen LogP contribution in [0.25, 0.3) is 11.2 Å². The highest BCUT2D eigenvalue weighted by Crippen LogP contribution is 2.32. The summed E-state index contributed by atoms with van der Waals surface area (Å²) in [4.78, 5) is 13.1. The van der Waals surface area contributed by atoms with Gasteiger partial charge in [-0.25, -0.2) is 15.0 Å². The van der Waals surface area contributed by atoms with Gasteiger partial charge in [0.15, 0.2) is 23.2 Å². The van der Waals surface area contributed by atoms with Gasteiger partial charge < -0.3 is 25.4 Å². The number of hydrogen-bond acceptors (Lipinski definition) is 8. The Balaban J connectivity index is 1.43. The molecule has 9 heteroatoms. The maximum Gasteiger partial charge on any atom is 0.167 e. The van der Waals surface area contributed by atoms with Gasteiger partial charge in [-0.05, 0) is 11.1 Å². The summed E-state index contributed by atoms with van der Waals surface area (Å²) in [5, 5.41) is 33.3. The molecule has 0 radical (unpaired) electrons. The van der Waals surface area contributed by atoms with E-state index in [1.807, 2.05) is 36.4 Å². The van der Waals surface area contributed by atoms with Crippen molar-refractivity contribution in [1.82, 2.24) is 19.5 Å². The summed E-state index contributed by atoms with van der Waals surface area (Å²) in [7, 11) is 0. The molecule has 0 bridgehead atoms. The van der Waals surface area contributed by atoms with E-state index in [1.165, 1.54) is 23.8 Å². The topological polar surface area (TPSA) is 126 Å². The van der Waals surface area contributed by atoms with Crippen molar-refractivity contribution in [2.24, 2.45) is 0 Å². The Bertz CT molecular complexity index is 1160. The summed E-state index contributed by atoms with van der Waals surface area (Å²) in [5.41, 5.74) is 3.34. The second-order valence-electron chi connectivity index (χ2n) is 8.03. The fourth-order valence-electron chi connectivity index (χ4n) is 4.27. The average molecular weight is 447 g/mol. The molecular formula is C24H25N5O4. The molecule has 1 saturated heterocycles. The number of imidazole rings is 1. The van der Waals surface area contributed by atoms with E-state index < -0.39 is 31.1 Å². The lowest BCUT2D eigenvalue weighted by Gasteiger charge is -2.19. The van der Waals surface area contributed by atoms with Gasteiger partial charge in [0, 0.05) is 12.5 Å². The minimum Gasteiger partial charge on any atom is -0.394 e. The molecule has 3 heterocycles. The van der Waals surface area contributed by atoms with Gasteiger partial charge in [-0.1, -0.05) is 60.7 Å². The molecule has 170 valence electrons. The van der Waals surface area contributed by atoms with Crippen LogP contribution in [0.5, 0.6) is 0 Å². The van der Waals surface area contributed by atoms with Crippen molar-refractivity contribution >= 4 is 17.0 Å². The third-order valence-electron chi connectivity index (χ3n) is 6.03. The summed E-state index contributed by atoms with van der Waals surface area (Å²) in [5.74, 6) is 0.655. The molecule has 4 atom stereocenters. The molecule has 2 aromatic carbocycles. The Hall–Kier alpha value is -3.37. The molecule has 5 rings (SSSR count). The van der Waals surface area contributed by atoms with E-state index in [1.54, 1.807) is 4.57 Å². The van der Waals surface area contributed by atoms with Crippen LogP contribution in [-0.2, 0) is 4.74 Å². The highest BCUT2D eigenvalue weighted by atomic mass is 16.6. The molecule has 9 nitrogen and oxygen atoms in total. The minimum atomic E-state index is -1.22. The first-order valence-corrected chi connectivity index (χ1v) is 10.8. The van der Waals surface area contributed by atoms with Crippen LogP contribution in [0.15, 0.2) is 73.3 Å². The van der Waals surface area contributed by atoms with Crippen LogP contribution >= 0.6 is 0 Å². The van der Waals surface area contributed by atoms with Gasteiger partial charge in [0.2, 0.25) is 0 Å². The predicted molar refractivity (Wildman–Crippen MR) is 122 cm³/mol. The number of nitrogens with zero attached hydrogens (tertiary/aromatic N) is 4. The van der Waals surface area contributed by atoms with Crippen molar-refractivity contribution < 1.29 is 20.1 Å². The van der Waals surface area contributed by atoms with Crippen molar-refractivity contribution in [3.8, 4) is 0 Å². The van der Waals surface area contributed by atoms with E-state index >= 15 is 0 Å². The van der Waals surface area contributed by atoms with Crippen LogP contribution in [0.4, 0.5) is 5.82 Å². The Morgan fingerprint density at radius 1 is 0.909 bits per heavy atom. The third kappa shape index (κ3) is 4.07. The number of aromatic nitrogens is 4. The largest absolute Gasteiger partial charge is 0.394 e. The van der Waals surface area contributed by atoms with E-state index in [0.29, 0.717) is 23.5 Å². The standard InChI is InChI=1S/C24H25N5O4/c30-12-18-20(31)21(32)24(33-18)29-14-28-19-22(26-13-27-23(19)29)25-11-17(15-7-3-1-4-8-15)16-9-5-2-6-10-16/h1-10,13-14,17-18,20-21,24,30-32H,11-12H2,(H,25,26,27)/t18-,20-,21-,24?/m1/s1. The zero-order chi connectivity index (χ0) is 22.8. The average Bonchev–Trinajstić information content (AvgIpc) is 3.42. The van der Waals surface area contributed by atoms with Gasteiger partial charge >= 0.3 is 0 Å². The highest BCUT2D eigenvalue weighted by molar-refractivity contribution is 5.82. The van der Waals surface area contributed by atoms with Crippen LogP contribution < -0.4 is 5.32 Å². The Kier molecular flexibility index (Phi) is 6.01. The number of benzene rings is 2. The van der Waals surface area contributed by atoms with Gasteiger partial charge in [0.1, 0.15) is 24.6 Å². The smallest absolute Gasteiger partial charge is 0.167 e. The second-order valence-corrected chi connectivity index (χ2v) is 8.03. The fraction of sp³-hybridized carbons (Fsp3) is 0.292. The number of nitrogens with one attached hydrogen (secondary N) is 1. The first kappa shape index (κ1) is 21.5. The Morgan fingerprint density at radius 3 is 2.18 bits per heavy atom. The molecule has 0 spiro atoms. The van der Waals surface area contributed by atoms with Crippen molar-refractivity contribution in [3.05, 3.63) is 84.4 Å². The van der Waals surface area contributed by atoms with E-state index in [0.717, 1.165) is 0 Å². The normalized spacial score (nSPS) is 22.8. The fourth-order valence-corrected chi connectivity index (χ4v) is 4.27. The first-order chi connectivity index (χ1) is 16.2. The molecule has 1 aliphatic rings. The third-order valence-corrected chi connectivity index (χ3v) is 6.03. The summed E-state index contributed by atoms with van der Waals surface area (Å²) in [6.07, 6.45) is -1.28. The molecule has 0 aliphatic carbocycles. The number of rotatable bonds is 7. The van der Waals surface area contributed by atoms with Gasteiger partial charge in [-0.2, -0.15) is 0 Å². The van der Waals surface area contributed by atoms with Crippen LogP contribution in [-0.4, -0.2) is 66.3 Å². The maximum atomic E-state index is 10.4. The lowest BCUT2D eigenvalue weighted by Crippen LogP contribution is -2.33. The molecule has 1 aliphatic heterocycles. The SMILES string of the molecule is OC[C@H]1OC(n2cnc3c(NCC(c4ccccc4)c4ccccc4)ncnc32)[C@H](O)[C@@H]1O. The molecule has 2 aromatic heterocycles. The van der Waals surface area contributed by atoms with Crippen molar-refractivity contribution in [1.29, 1.82) is 0 Å². The zero-order valence-corrected chi connectivity index (χ0v) is 17.8. The number of hydrogen-bond donors (Lipinski definition) is 4. The van der Waals surface area contributed by atoms with Gasteiger partial charge in [-0.3, -0.25) is 4.57 Å². The molecule has 33 heavy (non-hydrogen) atoms. The van der Waals surface area contributed by atoms with Gasteiger partial charge in [0.25, 0.3) is 0 Å². The zero-order valence-electron chi connectivity index (χ0n) is 17.8. The quantitative estimate of drug-likeness (QED) is 0.337. The highest BCUT2D eigenvalue weighted by Gasteiger charge is 2.44. The molecule has 1 unspecified atom stereocenters. The van der Waals surface area contributed by atoms with E-state index in [4.69, 9.17) is 4.74 Å². The lowest BCUT2D eigenvalue weighted by molar-refractivity contribution is -0.0511. The Labute approximate surface area is 190 Å². The first-order valence-electron chi connectivity index (χ1n) is 10.8. The number of ether oxygens (including phenoxy) is 1. The molecule has 4 N–H and O–H groups in total. The summed E-state index contributed by atoms with van der Waals surface area (Å²) in [6.45, 7) is 0.185. The van der Waals surface area contributed by atoms with Crippen LogP contribution in [0.2, 0.25) is 0 Å². The second kappa shape index (κ2) is 9.24. The van der Waals surface area contributed by atoms with Crippen LogP contribution in [0.3, 0.4) is 0 Å². The van der Waals surface area contributed by atoms with Crippen molar-refractivity contribution in [2.75, 3.05) is 18.5 Å². The summed E-state index contributed by atoms with van der Waals surface area (Å²) >= 11 is 0. The Morgan fingerprint density at radius 2 is 1.58 bits per heavy atom. The van der Waals surface area contributed by atoms with Gasteiger partial charge in [-0.15, -0.1) is 0 Å². The summed E-state index contributed by atoms with van der Waals surface area (Å²) < 4.78 is 7.19. The van der Waals surface area contributed by atoms with E-state index in [2.05, 4.69) is 44.5 Å². The molecule has 0 saturated carbocycles. The number of anilines is 1. The molecular weight excluding hydrogens is 422 g/mol. The van der Waals surface area contributed by atoms with Crippen molar-refractivity contribution in [3.63, 3.8) is 0 Å². The summed E-state index contributed by atoms with van der Waals surface area (Å²) in [6, 6.07) is 20.5. The molecule has 0 amide bonds. The van der Waals surface area contributed by atoms with E-state index in [-0.39, 0.29) is 5.92 Å². The molecule has 1 fully saturated rings. The number of fused-ring (bicyclic) bond motifs is 1.